The summed E-state index contributed by atoms with van der Waals surface area (Å²) >= 11 is 0. The molecule has 1 aliphatic heterocycles. The first-order valence-electron chi connectivity index (χ1n) is 5.40. The average Bonchev–Trinajstić information content (AvgIpc) is 2.26. The van der Waals surface area contributed by atoms with Crippen LogP contribution in [0.5, 0.6) is 0 Å². The van der Waals surface area contributed by atoms with Gasteiger partial charge in [0.1, 0.15) is 6.33 Å². The Kier molecular flexibility index (Phi) is 3.28. The summed E-state index contributed by atoms with van der Waals surface area (Å²) in [7, 11) is 4.22. The van der Waals surface area contributed by atoms with Crippen LogP contribution in [0.2, 0.25) is 0 Å². The second-order valence-electron chi connectivity index (χ2n) is 4.32. The van der Waals surface area contributed by atoms with E-state index >= 15 is 0 Å². The molecule has 0 atom stereocenters. The molecule has 0 aromatic carbocycles. The van der Waals surface area contributed by atoms with Crippen molar-refractivity contribution in [3.05, 3.63) is 23.8 Å². The van der Waals surface area contributed by atoms with Crippen LogP contribution in [0.1, 0.15) is 11.3 Å². The standard InChI is InChI=1S/C11H18N4/c1-14(2)5-6-15-4-3-11-10(8-15)7-12-9-13-11/h7,9H,3-6,8H2,1-2H3. The molecular weight excluding hydrogens is 188 g/mol. The summed E-state index contributed by atoms with van der Waals surface area (Å²) < 4.78 is 0. The predicted molar refractivity (Wildman–Crippen MR) is 59.6 cm³/mol. The van der Waals surface area contributed by atoms with Gasteiger partial charge in [0.2, 0.25) is 0 Å². The van der Waals surface area contributed by atoms with Crippen LogP contribution in [0.4, 0.5) is 0 Å². The third kappa shape index (κ3) is 2.73. The van der Waals surface area contributed by atoms with Gasteiger partial charge in [-0.05, 0) is 14.1 Å². The molecule has 1 aliphatic rings. The molecule has 82 valence electrons. The summed E-state index contributed by atoms with van der Waals surface area (Å²) in [5.41, 5.74) is 2.52. The number of rotatable bonds is 3. The van der Waals surface area contributed by atoms with Gasteiger partial charge in [-0.3, -0.25) is 4.90 Å². The minimum absolute atomic E-state index is 1.00. The highest BCUT2D eigenvalue weighted by atomic mass is 15.2. The normalized spacial score (nSPS) is 16.7. The Bertz CT molecular complexity index is 324. The molecule has 4 nitrogen and oxygen atoms in total. The van der Waals surface area contributed by atoms with Crippen LogP contribution in [0.15, 0.2) is 12.5 Å². The zero-order valence-corrected chi connectivity index (χ0v) is 9.48. The summed E-state index contributed by atoms with van der Waals surface area (Å²) in [5.74, 6) is 0. The highest BCUT2D eigenvalue weighted by Gasteiger charge is 2.16. The smallest absolute Gasteiger partial charge is 0.115 e. The first-order valence-corrected chi connectivity index (χ1v) is 5.40. The molecule has 15 heavy (non-hydrogen) atoms. The van der Waals surface area contributed by atoms with Gasteiger partial charge in [0.25, 0.3) is 0 Å². The molecular formula is C11H18N4. The summed E-state index contributed by atoms with van der Waals surface area (Å²) in [6.07, 6.45) is 4.66. The molecule has 0 fully saturated rings. The Hall–Kier alpha value is -1.00. The first-order chi connectivity index (χ1) is 7.25. The molecule has 0 saturated heterocycles. The highest BCUT2D eigenvalue weighted by Crippen LogP contribution is 2.14. The Balaban J connectivity index is 1.94. The number of aromatic nitrogens is 2. The van der Waals surface area contributed by atoms with Crippen molar-refractivity contribution in [3.8, 4) is 0 Å². The minimum Gasteiger partial charge on any atom is -0.308 e. The first kappa shape index (κ1) is 10.5. The lowest BCUT2D eigenvalue weighted by molar-refractivity contribution is 0.223. The summed E-state index contributed by atoms with van der Waals surface area (Å²) in [6, 6.07) is 0. The predicted octanol–water partition coefficient (Wildman–Crippen LogP) is 0.396. The van der Waals surface area contributed by atoms with Gasteiger partial charge in [-0.15, -0.1) is 0 Å². The molecule has 0 unspecified atom stereocenters. The van der Waals surface area contributed by atoms with Crippen LogP contribution < -0.4 is 0 Å². The minimum atomic E-state index is 1.00. The van der Waals surface area contributed by atoms with E-state index in [2.05, 4.69) is 33.9 Å². The molecule has 4 heteroatoms. The third-order valence-electron chi connectivity index (χ3n) is 2.80. The van der Waals surface area contributed by atoms with E-state index in [9.17, 15) is 0 Å². The van der Waals surface area contributed by atoms with E-state index < -0.39 is 0 Å². The molecule has 0 N–H and O–H groups in total. The third-order valence-corrected chi connectivity index (χ3v) is 2.80. The topological polar surface area (TPSA) is 32.3 Å². The maximum absolute atomic E-state index is 4.30. The van der Waals surface area contributed by atoms with Crippen molar-refractivity contribution >= 4 is 0 Å². The van der Waals surface area contributed by atoms with E-state index in [1.807, 2.05) is 6.20 Å². The fourth-order valence-electron chi connectivity index (χ4n) is 1.86. The molecule has 1 aromatic rings. The van der Waals surface area contributed by atoms with Crippen LogP contribution in [0.3, 0.4) is 0 Å². The van der Waals surface area contributed by atoms with Crippen LogP contribution in [0.25, 0.3) is 0 Å². The van der Waals surface area contributed by atoms with E-state index in [1.54, 1.807) is 6.33 Å². The second kappa shape index (κ2) is 4.68. The lowest BCUT2D eigenvalue weighted by Gasteiger charge is -2.28. The SMILES string of the molecule is CN(C)CCN1CCc2ncncc2C1. The monoisotopic (exact) mass is 206 g/mol. The quantitative estimate of drug-likeness (QED) is 0.716. The Morgan fingerprint density at radius 2 is 2.33 bits per heavy atom. The number of hydrogen-bond acceptors (Lipinski definition) is 4. The zero-order chi connectivity index (χ0) is 10.7. The van der Waals surface area contributed by atoms with Gasteiger partial charge in [-0.25, -0.2) is 9.97 Å². The summed E-state index contributed by atoms with van der Waals surface area (Å²) in [6.45, 7) is 4.37. The van der Waals surface area contributed by atoms with E-state index in [0.717, 1.165) is 32.6 Å². The molecule has 0 aliphatic carbocycles. The highest BCUT2D eigenvalue weighted by molar-refractivity contribution is 5.18. The van der Waals surface area contributed by atoms with Gasteiger partial charge in [-0.2, -0.15) is 0 Å². The van der Waals surface area contributed by atoms with Gasteiger partial charge in [0.05, 0.1) is 0 Å². The molecule has 2 heterocycles. The second-order valence-corrected chi connectivity index (χ2v) is 4.32. The molecule has 0 spiro atoms. The Labute approximate surface area is 90.9 Å². The van der Waals surface area contributed by atoms with Crippen LogP contribution in [-0.4, -0.2) is 53.5 Å². The van der Waals surface area contributed by atoms with Gasteiger partial charge in [0, 0.05) is 50.1 Å². The van der Waals surface area contributed by atoms with Crippen molar-refractivity contribution in [1.29, 1.82) is 0 Å². The van der Waals surface area contributed by atoms with Crippen molar-refractivity contribution in [3.63, 3.8) is 0 Å². The lowest BCUT2D eigenvalue weighted by Crippen LogP contribution is -2.36. The number of hydrogen-bond donors (Lipinski definition) is 0. The van der Waals surface area contributed by atoms with E-state index in [1.165, 1.54) is 11.3 Å². The average molecular weight is 206 g/mol. The number of likely N-dealkylation sites (N-methyl/N-ethyl adjacent to an activating group) is 1. The zero-order valence-electron chi connectivity index (χ0n) is 9.48. The Morgan fingerprint density at radius 1 is 1.47 bits per heavy atom. The van der Waals surface area contributed by atoms with Gasteiger partial charge in [-0.1, -0.05) is 0 Å². The van der Waals surface area contributed by atoms with E-state index in [4.69, 9.17) is 0 Å². The van der Waals surface area contributed by atoms with Crippen molar-refractivity contribution < 1.29 is 0 Å². The van der Waals surface area contributed by atoms with Crippen molar-refractivity contribution in [2.24, 2.45) is 0 Å². The molecule has 2 rings (SSSR count). The largest absolute Gasteiger partial charge is 0.308 e. The molecule has 1 aromatic heterocycles. The van der Waals surface area contributed by atoms with Crippen molar-refractivity contribution in [2.45, 2.75) is 13.0 Å². The van der Waals surface area contributed by atoms with E-state index in [0.29, 0.717) is 0 Å². The molecule has 0 amide bonds. The maximum Gasteiger partial charge on any atom is 0.115 e. The Morgan fingerprint density at radius 3 is 3.13 bits per heavy atom. The molecule has 0 saturated carbocycles. The van der Waals surface area contributed by atoms with Crippen LogP contribution >= 0.6 is 0 Å². The van der Waals surface area contributed by atoms with Crippen LogP contribution in [0, 0.1) is 0 Å². The fourth-order valence-corrected chi connectivity index (χ4v) is 1.86. The van der Waals surface area contributed by atoms with Crippen molar-refractivity contribution in [2.75, 3.05) is 33.7 Å². The lowest BCUT2D eigenvalue weighted by atomic mass is 10.1. The van der Waals surface area contributed by atoms with Crippen molar-refractivity contribution in [1.82, 2.24) is 19.8 Å². The van der Waals surface area contributed by atoms with Gasteiger partial charge in [0.15, 0.2) is 0 Å². The summed E-state index contributed by atoms with van der Waals surface area (Å²) in [5, 5.41) is 0. The van der Waals surface area contributed by atoms with E-state index in [-0.39, 0.29) is 0 Å². The van der Waals surface area contributed by atoms with Crippen LogP contribution in [-0.2, 0) is 13.0 Å². The number of nitrogens with zero attached hydrogens (tertiary/aromatic N) is 4. The molecule has 0 radical (unpaired) electrons. The number of fused-ring (bicyclic) bond motifs is 1. The fraction of sp³-hybridized carbons (Fsp3) is 0.636. The van der Waals surface area contributed by atoms with Gasteiger partial charge < -0.3 is 4.90 Å². The molecule has 0 bridgehead atoms. The summed E-state index contributed by atoms with van der Waals surface area (Å²) in [4.78, 5) is 13.1. The van der Waals surface area contributed by atoms with Gasteiger partial charge >= 0.3 is 0 Å². The maximum atomic E-state index is 4.30.